The van der Waals surface area contributed by atoms with Crippen LogP contribution in [0.2, 0.25) is 5.02 Å². The number of halogens is 4. The standard InChI is InChI=1S/C15H18ClF2N5.HI/c1-19-15(21-7-6-11-2-4-12(16)5-3-11)22-10-13-20-8-9-23(13)14(17)18;/h2-5,8-9,14H,6-7,10H2,1H3,(H2,19,21,22);1H. The minimum absolute atomic E-state index is 0. The number of benzene rings is 1. The van der Waals surface area contributed by atoms with Gasteiger partial charge in [0.05, 0.1) is 6.54 Å². The van der Waals surface area contributed by atoms with Gasteiger partial charge in [-0.1, -0.05) is 23.7 Å². The maximum Gasteiger partial charge on any atom is 0.319 e. The number of hydrogen-bond acceptors (Lipinski definition) is 2. The number of imidazole rings is 1. The molecule has 1 heterocycles. The van der Waals surface area contributed by atoms with Gasteiger partial charge >= 0.3 is 6.55 Å². The van der Waals surface area contributed by atoms with Crippen LogP contribution in [0, 0.1) is 0 Å². The highest BCUT2D eigenvalue weighted by Gasteiger charge is 2.11. The number of hydrogen-bond donors (Lipinski definition) is 2. The van der Waals surface area contributed by atoms with E-state index in [0.717, 1.165) is 16.6 Å². The number of aromatic nitrogens is 2. The first kappa shape index (κ1) is 20.6. The van der Waals surface area contributed by atoms with Crippen molar-refractivity contribution in [3.05, 3.63) is 53.1 Å². The lowest BCUT2D eigenvalue weighted by molar-refractivity contribution is 0.0668. The average molecular weight is 470 g/mol. The summed E-state index contributed by atoms with van der Waals surface area (Å²) in [4.78, 5) is 7.96. The summed E-state index contributed by atoms with van der Waals surface area (Å²) in [6.07, 6.45) is 3.39. The van der Waals surface area contributed by atoms with Gasteiger partial charge in [0.25, 0.3) is 0 Å². The second-order valence-corrected chi connectivity index (χ2v) is 5.19. The zero-order valence-electron chi connectivity index (χ0n) is 13.0. The fourth-order valence-corrected chi connectivity index (χ4v) is 2.14. The topological polar surface area (TPSA) is 54.2 Å². The van der Waals surface area contributed by atoms with Crippen LogP contribution in [0.4, 0.5) is 8.78 Å². The number of nitrogens with one attached hydrogen (secondary N) is 2. The van der Waals surface area contributed by atoms with Crippen LogP contribution in [-0.4, -0.2) is 29.1 Å². The zero-order valence-corrected chi connectivity index (χ0v) is 16.1. The summed E-state index contributed by atoms with van der Waals surface area (Å²) in [6.45, 7) is -1.78. The van der Waals surface area contributed by atoms with Crippen molar-refractivity contribution in [3.8, 4) is 0 Å². The first-order valence-electron chi connectivity index (χ1n) is 7.09. The first-order valence-corrected chi connectivity index (χ1v) is 7.46. The number of nitrogens with zero attached hydrogens (tertiary/aromatic N) is 3. The highest BCUT2D eigenvalue weighted by atomic mass is 127. The Bertz CT molecular complexity index is 646. The van der Waals surface area contributed by atoms with Crippen molar-refractivity contribution in [3.63, 3.8) is 0 Å². The molecule has 0 aliphatic rings. The van der Waals surface area contributed by atoms with Crippen molar-refractivity contribution < 1.29 is 8.78 Å². The molecule has 0 unspecified atom stereocenters. The smallest absolute Gasteiger partial charge is 0.319 e. The van der Waals surface area contributed by atoms with E-state index in [-0.39, 0.29) is 36.3 Å². The lowest BCUT2D eigenvalue weighted by atomic mass is 10.1. The lowest BCUT2D eigenvalue weighted by Crippen LogP contribution is -2.38. The molecule has 132 valence electrons. The molecule has 0 aliphatic heterocycles. The Morgan fingerprint density at radius 2 is 2.00 bits per heavy atom. The molecule has 0 saturated heterocycles. The number of guanidine groups is 1. The van der Waals surface area contributed by atoms with Gasteiger partial charge in [0.1, 0.15) is 5.82 Å². The number of rotatable bonds is 6. The Kier molecular flexibility index (Phi) is 8.98. The van der Waals surface area contributed by atoms with E-state index in [0.29, 0.717) is 17.5 Å². The van der Waals surface area contributed by atoms with Crippen molar-refractivity contribution >= 4 is 41.5 Å². The third kappa shape index (κ3) is 6.23. The molecule has 0 fully saturated rings. The van der Waals surface area contributed by atoms with Gasteiger partial charge in [-0.3, -0.25) is 9.56 Å². The minimum Gasteiger partial charge on any atom is -0.356 e. The molecule has 2 N–H and O–H groups in total. The van der Waals surface area contributed by atoms with Gasteiger partial charge in [0.2, 0.25) is 0 Å². The summed E-state index contributed by atoms with van der Waals surface area (Å²) in [6, 6.07) is 7.60. The molecule has 2 rings (SSSR count). The van der Waals surface area contributed by atoms with E-state index in [1.54, 1.807) is 7.05 Å². The molecule has 0 aliphatic carbocycles. The zero-order chi connectivity index (χ0) is 16.7. The molecule has 24 heavy (non-hydrogen) atoms. The van der Waals surface area contributed by atoms with Gasteiger partial charge in [-0.2, -0.15) is 8.78 Å². The quantitative estimate of drug-likeness (QED) is 0.387. The highest BCUT2D eigenvalue weighted by molar-refractivity contribution is 14.0. The van der Waals surface area contributed by atoms with Gasteiger partial charge in [-0.05, 0) is 24.1 Å². The fraction of sp³-hybridized carbons (Fsp3) is 0.333. The Hall–Kier alpha value is -1.42. The van der Waals surface area contributed by atoms with Gasteiger partial charge in [-0.15, -0.1) is 24.0 Å². The maximum absolute atomic E-state index is 12.7. The largest absolute Gasteiger partial charge is 0.356 e. The Labute approximate surface area is 161 Å². The fourth-order valence-electron chi connectivity index (χ4n) is 2.02. The molecular weight excluding hydrogens is 451 g/mol. The summed E-state index contributed by atoms with van der Waals surface area (Å²) in [5.74, 6) is 0.781. The van der Waals surface area contributed by atoms with Crippen molar-refractivity contribution in [2.45, 2.75) is 19.5 Å². The molecule has 0 bridgehead atoms. The number of aliphatic imine (C=N–C) groups is 1. The first-order chi connectivity index (χ1) is 11.1. The van der Waals surface area contributed by atoms with Crippen LogP contribution in [0.25, 0.3) is 0 Å². The van der Waals surface area contributed by atoms with Crippen LogP contribution in [-0.2, 0) is 13.0 Å². The van der Waals surface area contributed by atoms with Crippen LogP contribution in [0.1, 0.15) is 17.9 Å². The van der Waals surface area contributed by atoms with E-state index >= 15 is 0 Å². The van der Waals surface area contributed by atoms with Crippen molar-refractivity contribution in [2.75, 3.05) is 13.6 Å². The average Bonchev–Trinajstić information content (AvgIpc) is 3.01. The van der Waals surface area contributed by atoms with Crippen LogP contribution in [0.5, 0.6) is 0 Å². The van der Waals surface area contributed by atoms with Crippen molar-refractivity contribution in [1.29, 1.82) is 0 Å². The molecule has 1 aromatic heterocycles. The molecule has 0 radical (unpaired) electrons. The SMILES string of the molecule is CN=C(NCCc1ccc(Cl)cc1)NCc1nccn1C(F)F.I. The summed E-state index contributed by atoms with van der Waals surface area (Å²) in [5, 5.41) is 6.79. The minimum atomic E-state index is -2.60. The van der Waals surface area contributed by atoms with Crippen LogP contribution in [0.3, 0.4) is 0 Å². The van der Waals surface area contributed by atoms with Gasteiger partial charge in [0, 0.05) is 31.0 Å². The van der Waals surface area contributed by atoms with Crippen molar-refractivity contribution in [1.82, 2.24) is 20.2 Å². The van der Waals surface area contributed by atoms with E-state index in [1.165, 1.54) is 12.4 Å². The van der Waals surface area contributed by atoms with E-state index in [4.69, 9.17) is 11.6 Å². The maximum atomic E-state index is 12.7. The summed E-state index contributed by atoms with van der Waals surface area (Å²) in [5.41, 5.74) is 1.14. The molecule has 0 amide bonds. The molecular formula is C15H19ClF2IN5. The van der Waals surface area contributed by atoms with Crippen LogP contribution >= 0.6 is 35.6 Å². The third-order valence-electron chi connectivity index (χ3n) is 3.22. The molecule has 9 heteroatoms. The summed E-state index contributed by atoms with van der Waals surface area (Å²) < 4.78 is 26.3. The second kappa shape index (κ2) is 10.4. The van der Waals surface area contributed by atoms with Gasteiger partial charge in [0.15, 0.2) is 5.96 Å². The molecule has 0 spiro atoms. The molecule has 1 aromatic carbocycles. The Morgan fingerprint density at radius 1 is 1.29 bits per heavy atom. The highest BCUT2D eigenvalue weighted by Crippen LogP contribution is 2.12. The summed E-state index contributed by atoms with van der Waals surface area (Å²) >= 11 is 5.84. The molecule has 0 atom stereocenters. The normalized spacial score (nSPS) is 11.3. The lowest BCUT2D eigenvalue weighted by Gasteiger charge is -2.12. The monoisotopic (exact) mass is 469 g/mol. The van der Waals surface area contributed by atoms with E-state index in [2.05, 4.69) is 20.6 Å². The van der Waals surface area contributed by atoms with E-state index < -0.39 is 6.55 Å². The van der Waals surface area contributed by atoms with E-state index in [1.807, 2.05) is 24.3 Å². The Morgan fingerprint density at radius 3 is 2.62 bits per heavy atom. The van der Waals surface area contributed by atoms with Gasteiger partial charge < -0.3 is 10.6 Å². The predicted octanol–water partition coefficient (Wildman–Crippen LogP) is 3.46. The number of alkyl halides is 2. The van der Waals surface area contributed by atoms with Crippen LogP contribution in [0.15, 0.2) is 41.7 Å². The molecule has 2 aromatic rings. The Balaban J connectivity index is 0.00000288. The van der Waals surface area contributed by atoms with Crippen molar-refractivity contribution in [2.24, 2.45) is 4.99 Å². The van der Waals surface area contributed by atoms with E-state index in [9.17, 15) is 8.78 Å². The summed E-state index contributed by atoms with van der Waals surface area (Å²) in [7, 11) is 1.62. The van der Waals surface area contributed by atoms with Crippen LogP contribution < -0.4 is 10.6 Å². The predicted molar refractivity (Wildman–Crippen MR) is 102 cm³/mol. The second-order valence-electron chi connectivity index (χ2n) is 4.76. The molecule has 5 nitrogen and oxygen atoms in total. The van der Waals surface area contributed by atoms with Gasteiger partial charge in [-0.25, -0.2) is 4.98 Å². The third-order valence-corrected chi connectivity index (χ3v) is 3.47. The molecule has 0 saturated carbocycles.